The van der Waals surface area contributed by atoms with Gasteiger partial charge in [-0.3, -0.25) is 13.9 Å². The summed E-state index contributed by atoms with van der Waals surface area (Å²) in [7, 11) is -4.48. The van der Waals surface area contributed by atoms with Crippen LogP contribution in [0.4, 0.5) is 18.9 Å². The number of sulfonamides is 1. The summed E-state index contributed by atoms with van der Waals surface area (Å²) < 4.78 is 69.1. The first-order chi connectivity index (χ1) is 19.7. The quantitative estimate of drug-likeness (QED) is 0.293. The standard InChI is InChI=1S/C31H36F3N3O4S/c1-5-23(3)35-30(39)24(4)36(19-18-25-10-7-6-8-11-25)29(38)21-37(27-13-9-12-26(20-27)31(32,33)34)42(40,41)28-16-14-22(2)15-17-28/h6-17,20,23-24H,5,18-19,21H2,1-4H3,(H,35,39)/t23-,24-/m1/s1. The fraction of sp³-hybridized carbons (Fsp3) is 0.355. The van der Waals surface area contributed by atoms with Gasteiger partial charge in [-0.15, -0.1) is 0 Å². The molecule has 0 aromatic heterocycles. The number of rotatable bonds is 12. The zero-order chi connectivity index (χ0) is 31.1. The highest BCUT2D eigenvalue weighted by molar-refractivity contribution is 7.92. The van der Waals surface area contributed by atoms with Gasteiger partial charge in [0.2, 0.25) is 11.8 Å². The maximum atomic E-state index is 13.9. The van der Waals surface area contributed by atoms with Crippen LogP contribution < -0.4 is 9.62 Å². The largest absolute Gasteiger partial charge is 0.416 e. The first kappa shape index (κ1) is 32.7. The second-order valence-electron chi connectivity index (χ2n) is 10.2. The van der Waals surface area contributed by atoms with E-state index in [1.807, 2.05) is 44.2 Å². The number of halogens is 3. The molecule has 0 fully saturated rings. The lowest BCUT2D eigenvalue weighted by Gasteiger charge is -2.32. The number of nitrogens with zero attached hydrogens (tertiary/aromatic N) is 2. The lowest BCUT2D eigenvalue weighted by atomic mass is 10.1. The summed E-state index contributed by atoms with van der Waals surface area (Å²) in [5.74, 6) is -1.15. The third-order valence-electron chi connectivity index (χ3n) is 7.00. The van der Waals surface area contributed by atoms with E-state index in [4.69, 9.17) is 0 Å². The van der Waals surface area contributed by atoms with Crippen LogP contribution in [0.5, 0.6) is 0 Å². The highest BCUT2D eigenvalue weighted by atomic mass is 32.2. The van der Waals surface area contributed by atoms with Crippen LogP contribution in [-0.2, 0) is 32.2 Å². The summed E-state index contributed by atoms with van der Waals surface area (Å²) >= 11 is 0. The molecule has 0 saturated heterocycles. The van der Waals surface area contributed by atoms with Crippen molar-refractivity contribution in [1.82, 2.24) is 10.2 Å². The summed E-state index contributed by atoms with van der Waals surface area (Å²) in [4.78, 5) is 28.0. The zero-order valence-electron chi connectivity index (χ0n) is 24.1. The van der Waals surface area contributed by atoms with Crippen molar-refractivity contribution in [3.8, 4) is 0 Å². The molecule has 226 valence electrons. The summed E-state index contributed by atoms with van der Waals surface area (Å²) in [5.41, 5.74) is 0.299. The van der Waals surface area contributed by atoms with Crippen LogP contribution in [0.2, 0.25) is 0 Å². The van der Waals surface area contributed by atoms with E-state index in [0.29, 0.717) is 23.2 Å². The van der Waals surface area contributed by atoms with Gasteiger partial charge in [-0.05, 0) is 69.5 Å². The highest BCUT2D eigenvalue weighted by Gasteiger charge is 2.35. The van der Waals surface area contributed by atoms with E-state index in [0.717, 1.165) is 23.3 Å². The third-order valence-corrected chi connectivity index (χ3v) is 8.79. The summed E-state index contributed by atoms with van der Waals surface area (Å²) in [6.45, 7) is 6.30. The predicted octanol–water partition coefficient (Wildman–Crippen LogP) is 5.58. The van der Waals surface area contributed by atoms with Gasteiger partial charge in [0.1, 0.15) is 12.6 Å². The van der Waals surface area contributed by atoms with Crippen molar-refractivity contribution in [1.29, 1.82) is 0 Å². The molecule has 0 unspecified atom stereocenters. The molecule has 2 atom stereocenters. The molecule has 1 N–H and O–H groups in total. The Morgan fingerprint density at radius 1 is 0.929 bits per heavy atom. The maximum Gasteiger partial charge on any atom is 0.416 e. The third kappa shape index (κ3) is 8.34. The Hall–Kier alpha value is -3.86. The number of aryl methyl sites for hydroxylation is 1. The molecular formula is C31H36F3N3O4S. The van der Waals surface area contributed by atoms with E-state index in [-0.39, 0.29) is 23.2 Å². The minimum absolute atomic E-state index is 0.0823. The van der Waals surface area contributed by atoms with Crippen molar-refractivity contribution in [2.24, 2.45) is 0 Å². The van der Waals surface area contributed by atoms with Crippen LogP contribution in [0.3, 0.4) is 0 Å². The minimum atomic E-state index is -4.73. The molecule has 0 saturated carbocycles. The van der Waals surface area contributed by atoms with Crippen LogP contribution in [0, 0.1) is 6.92 Å². The van der Waals surface area contributed by atoms with Crippen LogP contribution in [0.25, 0.3) is 0 Å². The van der Waals surface area contributed by atoms with Crippen molar-refractivity contribution >= 4 is 27.5 Å². The number of carbonyl (C=O) groups is 2. The molecule has 0 radical (unpaired) electrons. The van der Waals surface area contributed by atoms with Crippen molar-refractivity contribution in [2.45, 2.75) is 63.7 Å². The Morgan fingerprint density at radius 3 is 2.17 bits per heavy atom. The summed E-state index contributed by atoms with van der Waals surface area (Å²) in [6, 6.07) is 17.8. The smallest absolute Gasteiger partial charge is 0.352 e. The normalized spacial score (nSPS) is 13.2. The fourth-order valence-electron chi connectivity index (χ4n) is 4.24. The molecule has 0 heterocycles. The Kier molecular flexibility index (Phi) is 10.8. The highest BCUT2D eigenvalue weighted by Crippen LogP contribution is 2.33. The van der Waals surface area contributed by atoms with Crippen LogP contribution >= 0.6 is 0 Å². The zero-order valence-corrected chi connectivity index (χ0v) is 24.9. The lowest BCUT2D eigenvalue weighted by molar-refractivity contribution is -0.139. The monoisotopic (exact) mass is 603 g/mol. The van der Waals surface area contributed by atoms with E-state index in [9.17, 15) is 31.2 Å². The Balaban J connectivity index is 2.04. The number of carbonyl (C=O) groups excluding carboxylic acids is 2. The van der Waals surface area contributed by atoms with Crippen LogP contribution in [-0.4, -0.2) is 50.3 Å². The number of nitrogens with one attached hydrogen (secondary N) is 1. The van der Waals surface area contributed by atoms with Gasteiger partial charge in [0.05, 0.1) is 16.1 Å². The molecule has 0 aliphatic heterocycles. The molecule has 3 rings (SSSR count). The molecule has 3 aromatic carbocycles. The van der Waals surface area contributed by atoms with E-state index in [2.05, 4.69) is 5.32 Å². The van der Waals surface area contributed by atoms with Crippen molar-refractivity contribution in [3.63, 3.8) is 0 Å². The van der Waals surface area contributed by atoms with Gasteiger partial charge in [-0.1, -0.05) is 61.0 Å². The summed E-state index contributed by atoms with van der Waals surface area (Å²) in [5, 5.41) is 2.84. The molecule has 0 aliphatic carbocycles. The van der Waals surface area contributed by atoms with Crippen LogP contribution in [0.1, 0.15) is 43.9 Å². The topological polar surface area (TPSA) is 86.8 Å². The van der Waals surface area contributed by atoms with Gasteiger partial charge in [0.25, 0.3) is 10.0 Å². The number of alkyl halides is 3. The van der Waals surface area contributed by atoms with Gasteiger partial charge >= 0.3 is 6.18 Å². The van der Waals surface area contributed by atoms with E-state index in [1.165, 1.54) is 23.1 Å². The molecule has 3 aromatic rings. The Morgan fingerprint density at radius 2 is 1.57 bits per heavy atom. The molecule has 0 spiro atoms. The van der Waals surface area contributed by atoms with Crippen LogP contribution in [0.15, 0.2) is 83.8 Å². The maximum absolute atomic E-state index is 13.9. The summed E-state index contributed by atoms with van der Waals surface area (Å²) in [6.07, 6.45) is -3.69. The van der Waals surface area contributed by atoms with Gasteiger partial charge in [0, 0.05) is 12.6 Å². The van der Waals surface area contributed by atoms with Gasteiger partial charge < -0.3 is 10.2 Å². The van der Waals surface area contributed by atoms with Crippen molar-refractivity contribution in [3.05, 3.63) is 95.6 Å². The average molecular weight is 604 g/mol. The van der Waals surface area contributed by atoms with Gasteiger partial charge in [0.15, 0.2) is 0 Å². The molecular weight excluding hydrogens is 567 g/mol. The van der Waals surface area contributed by atoms with E-state index < -0.39 is 46.2 Å². The number of anilines is 1. The lowest BCUT2D eigenvalue weighted by Crippen LogP contribution is -2.53. The molecule has 11 heteroatoms. The fourth-order valence-corrected chi connectivity index (χ4v) is 5.65. The predicted molar refractivity (Wildman–Crippen MR) is 156 cm³/mol. The number of amides is 2. The number of benzene rings is 3. The van der Waals surface area contributed by atoms with Crippen molar-refractivity contribution < 1.29 is 31.2 Å². The molecule has 0 bridgehead atoms. The molecule has 42 heavy (non-hydrogen) atoms. The molecule has 2 amide bonds. The van der Waals surface area contributed by atoms with Crippen molar-refractivity contribution in [2.75, 3.05) is 17.4 Å². The van der Waals surface area contributed by atoms with E-state index in [1.54, 1.807) is 26.0 Å². The second-order valence-corrected chi connectivity index (χ2v) is 12.1. The first-order valence-electron chi connectivity index (χ1n) is 13.6. The number of hydrogen-bond acceptors (Lipinski definition) is 4. The first-order valence-corrected chi connectivity index (χ1v) is 15.1. The number of hydrogen-bond donors (Lipinski definition) is 1. The van der Waals surface area contributed by atoms with E-state index >= 15 is 0 Å². The van der Waals surface area contributed by atoms with Gasteiger partial charge in [-0.2, -0.15) is 13.2 Å². The SMILES string of the molecule is CC[C@@H](C)NC(=O)[C@@H](C)N(CCc1ccccc1)C(=O)CN(c1cccc(C(F)(F)F)c1)S(=O)(=O)c1ccc(C)cc1. The minimum Gasteiger partial charge on any atom is -0.352 e. The average Bonchev–Trinajstić information content (AvgIpc) is 2.96. The second kappa shape index (κ2) is 13.9. The molecule has 0 aliphatic rings. The Labute approximate surface area is 245 Å². The van der Waals surface area contributed by atoms with Gasteiger partial charge in [-0.25, -0.2) is 8.42 Å². The Bertz CT molecular complexity index is 1460. The molecule has 7 nitrogen and oxygen atoms in total.